The first kappa shape index (κ1) is 13.9. The number of benzene rings is 1. The number of imidazole rings is 1. The summed E-state index contributed by atoms with van der Waals surface area (Å²) in [5.41, 5.74) is 0.871. The third-order valence-electron chi connectivity index (χ3n) is 3.35. The van der Waals surface area contributed by atoms with Crippen LogP contribution in [0.3, 0.4) is 0 Å². The second-order valence-electron chi connectivity index (χ2n) is 5.00. The zero-order chi connectivity index (χ0) is 14.0. The van der Waals surface area contributed by atoms with Crippen LogP contribution in [-0.2, 0) is 4.74 Å². The van der Waals surface area contributed by atoms with Crippen molar-refractivity contribution < 1.29 is 9.84 Å². The molecule has 20 heavy (non-hydrogen) atoms. The Labute approximate surface area is 126 Å². The predicted octanol–water partition coefficient (Wildman–Crippen LogP) is 2.63. The summed E-state index contributed by atoms with van der Waals surface area (Å²) < 4.78 is 7.21. The van der Waals surface area contributed by atoms with E-state index in [1.54, 1.807) is 18.0 Å². The number of ether oxygens (including phenoxy) is 1. The molecule has 2 heterocycles. The van der Waals surface area contributed by atoms with Gasteiger partial charge in [-0.1, -0.05) is 29.4 Å². The second kappa shape index (κ2) is 5.77. The Hall–Kier alpha value is -1.01. The van der Waals surface area contributed by atoms with Crippen molar-refractivity contribution in [2.45, 2.75) is 5.16 Å². The lowest BCUT2D eigenvalue weighted by Crippen LogP contribution is -2.47. The molecule has 6 heteroatoms. The van der Waals surface area contributed by atoms with Crippen LogP contribution in [0.25, 0.3) is 5.69 Å². The van der Waals surface area contributed by atoms with E-state index in [1.807, 2.05) is 35.0 Å². The SMILES string of the molecule is OCC1(CSc2nccn2-c2cccc(Cl)c2)COC1. The van der Waals surface area contributed by atoms with Crippen LogP contribution in [0.15, 0.2) is 41.8 Å². The summed E-state index contributed by atoms with van der Waals surface area (Å²) in [6.07, 6.45) is 3.68. The maximum absolute atomic E-state index is 9.45. The molecule has 0 atom stereocenters. The van der Waals surface area contributed by atoms with Crippen molar-refractivity contribution in [3.63, 3.8) is 0 Å². The predicted molar refractivity (Wildman–Crippen MR) is 79.6 cm³/mol. The Morgan fingerprint density at radius 2 is 2.30 bits per heavy atom. The van der Waals surface area contributed by atoms with Gasteiger partial charge in [-0.3, -0.25) is 4.57 Å². The Kier molecular flexibility index (Phi) is 4.03. The van der Waals surface area contributed by atoms with Gasteiger partial charge < -0.3 is 9.84 Å². The Balaban J connectivity index is 1.77. The minimum absolute atomic E-state index is 0.115. The van der Waals surface area contributed by atoms with Gasteiger partial charge in [-0.25, -0.2) is 4.98 Å². The molecule has 2 aromatic rings. The minimum atomic E-state index is -0.115. The molecular weight excluding hydrogens is 296 g/mol. The van der Waals surface area contributed by atoms with Crippen LogP contribution in [0, 0.1) is 5.41 Å². The van der Waals surface area contributed by atoms with Gasteiger partial charge in [0.05, 0.1) is 19.8 Å². The number of thioether (sulfide) groups is 1. The van der Waals surface area contributed by atoms with Crippen LogP contribution >= 0.6 is 23.4 Å². The number of nitrogens with zero attached hydrogens (tertiary/aromatic N) is 2. The van der Waals surface area contributed by atoms with Crippen molar-refractivity contribution in [3.05, 3.63) is 41.7 Å². The number of hydrogen-bond acceptors (Lipinski definition) is 4. The fraction of sp³-hybridized carbons (Fsp3) is 0.357. The number of halogens is 1. The number of hydrogen-bond donors (Lipinski definition) is 1. The summed E-state index contributed by atoms with van der Waals surface area (Å²) in [4.78, 5) is 4.38. The minimum Gasteiger partial charge on any atom is -0.396 e. The zero-order valence-corrected chi connectivity index (χ0v) is 12.4. The Bertz CT molecular complexity index is 593. The normalized spacial score (nSPS) is 16.9. The van der Waals surface area contributed by atoms with Crippen LogP contribution in [-0.4, -0.2) is 40.2 Å². The van der Waals surface area contributed by atoms with Gasteiger partial charge in [0.15, 0.2) is 5.16 Å². The molecule has 0 bridgehead atoms. The van der Waals surface area contributed by atoms with Gasteiger partial charge in [0, 0.05) is 34.3 Å². The van der Waals surface area contributed by atoms with E-state index in [2.05, 4.69) is 4.98 Å². The molecule has 0 spiro atoms. The van der Waals surface area contributed by atoms with Crippen molar-refractivity contribution in [2.24, 2.45) is 5.41 Å². The molecule has 106 valence electrons. The summed E-state index contributed by atoms with van der Waals surface area (Å²) in [6.45, 7) is 1.39. The van der Waals surface area contributed by atoms with Gasteiger partial charge in [-0.2, -0.15) is 0 Å². The van der Waals surface area contributed by atoms with Gasteiger partial charge in [-0.05, 0) is 18.2 Å². The maximum atomic E-state index is 9.45. The van der Waals surface area contributed by atoms with Crippen LogP contribution in [0.2, 0.25) is 5.02 Å². The van der Waals surface area contributed by atoms with Gasteiger partial charge >= 0.3 is 0 Å². The van der Waals surface area contributed by atoms with Crippen molar-refractivity contribution in [1.29, 1.82) is 0 Å². The molecule has 1 aromatic heterocycles. The average Bonchev–Trinajstić information content (AvgIpc) is 2.86. The fourth-order valence-electron chi connectivity index (χ4n) is 2.05. The molecule has 0 saturated carbocycles. The summed E-state index contributed by atoms with van der Waals surface area (Å²) >= 11 is 7.66. The van der Waals surface area contributed by atoms with E-state index in [9.17, 15) is 5.11 Å². The summed E-state index contributed by atoms with van der Waals surface area (Å²) in [5, 5.41) is 11.0. The molecular formula is C14H15ClN2O2S. The monoisotopic (exact) mass is 310 g/mol. The van der Waals surface area contributed by atoms with Gasteiger partial charge in [0.2, 0.25) is 0 Å². The number of rotatable bonds is 5. The standard InChI is InChI=1S/C14H15ClN2O2S/c15-11-2-1-3-12(6-11)17-5-4-16-13(17)20-10-14(7-18)8-19-9-14/h1-6,18H,7-10H2. The van der Waals surface area contributed by atoms with E-state index < -0.39 is 0 Å². The first-order valence-corrected chi connectivity index (χ1v) is 7.70. The van der Waals surface area contributed by atoms with Gasteiger partial charge in [-0.15, -0.1) is 0 Å². The van der Waals surface area contributed by atoms with E-state index >= 15 is 0 Å². The third kappa shape index (κ3) is 2.72. The van der Waals surface area contributed by atoms with Crippen molar-refractivity contribution in [2.75, 3.05) is 25.6 Å². The second-order valence-corrected chi connectivity index (χ2v) is 6.38. The van der Waals surface area contributed by atoms with Crippen LogP contribution < -0.4 is 0 Å². The maximum Gasteiger partial charge on any atom is 0.172 e. The van der Waals surface area contributed by atoms with Gasteiger partial charge in [0.1, 0.15) is 0 Å². The van der Waals surface area contributed by atoms with E-state index in [-0.39, 0.29) is 12.0 Å². The lowest BCUT2D eigenvalue weighted by molar-refractivity contribution is -0.121. The molecule has 3 rings (SSSR count). The molecule has 1 saturated heterocycles. The Morgan fingerprint density at radius 3 is 2.95 bits per heavy atom. The smallest absolute Gasteiger partial charge is 0.172 e. The largest absolute Gasteiger partial charge is 0.396 e. The molecule has 1 aliphatic rings. The molecule has 0 radical (unpaired) electrons. The quantitative estimate of drug-likeness (QED) is 0.863. The molecule has 0 amide bonds. The van der Waals surface area contributed by atoms with Crippen molar-refractivity contribution in [1.82, 2.24) is 9.55 Å². The highest BCUT2D eigenvalue weighted by Gasteiger charge is 2.38. The van der Waals surface area contributed by atoms with Crippen molar-refractivity contribution in [3.8, 4) is 5.69 Å². The molecule has 0 aliphatic carbocycles. The molecule has 0 unspecified atom stereocenters. The van der Waals surface area contributed by atoms with E-state index in [0.29, 0.717) is 18.2 Å². The molecule has 1 N–H and O–H groups in total. The molecule has 4 nitrogen and oxygen atoms in total. The third-order valence-corrected chi connectivity index (χ3v) is 4.90. The topological polar surface area (TPSA) is 47.3 Å². The van der Waals surface area contributed by atoms with Crippen molar-refractivity contribution >= 4 is 23.4 Å². The molecule has 1 aromatic carbocycles. The van der Waals surface area contributed by atoms with Crippen LogP contribution in [0.4, 0.5) is 0 Å². The molecule has 1 fully saturated rings. The van der Waals surface area contributed by atoms with Crippen LogP contribution in [0.1, 0.15) is 0 Å². The van der Waals surface area contributed by atoms with E-state index in [0.717, 1.165) is 16.6 Å². The summed E-state index contributed by atoms with van der Waals surface area (Å²) in [7, 11) is 0. The zero-order valence-electron chi connectivity index (χ0n) is 10.8. The lowest BCUT2D eigenvalue weighted by Gasteiger charge is -2.39. The van der Waals surface area contributed by atoms with Gasteiger partial charge in [0.25, 0.3) is 0 Å². The number of aromatic nitrogens is 2. The first-order chi connectivity index (χ1) is 9.72. The highest BCUT2D eigenvalue weighted by Crippen LogP contribution is 2.34. The lowest BCUT2D eigenvalue weighted by atomic mass is 9.90. The van der Waals surface area contributed by atoms with E-state index in [4.69, 9.17) is 16.3 Å². The summed E-state index contributed by atoms with van der Waals surface area (Å²) in [6, 6.07) is 7.66. The van der Waals surface area contributed by atoms with Crippen LogP contribution in [0.5, 0.6) is 0 Å². The average molecular weight is 311 g/mol. The highest BCUT2D eigenvalue weighted by molar-refractivity contribution is 7.99. The summed E-state index contributed by atoms with van der Waals surface area (Å²) in [5.74, 6) is 0.793. The number of aliphatic hydroxyl groups excluding tert-OH is 1. The highest BCUT2D eigenvalue weighted by atomic mass is 35.5. The molecule has 1 aliphatic heterocycles. The Morgan fingerprint density at radius 1 is 1.45 bits per heavy atom. The fourth-order valence-corrected chi connectivity index (χ4v) is 3.37. The first-order valence-electron chi connectivity index (χ1n) is 6.33. The number of aliphatic hydroxyl groups is 1. The van der Waals surface area contributed by atoms with E-state index in [1.165, 1.54) is 0 Å².